The normalized spacial score (nSPS) is 15.5. The summed E-state index contributed by atoms with van der Waals surface area (Å²) < 4.78 is 18.3. The molecule has 0 spiro atoms. The average Bonchev–Trinajstić information content (AvgIpc) is 3.26. The van der Waals surface area contributed by atoms with Gasteiger partial charge in [0.2, 0.25) is 5.91 Å². The number of likely N-dealkylation sites (tertiary alicyclic amines) is 1. The van der Waals surface area contributed by atoms with Crippen LogP contribution >= 0.6 is 0 Å². The van der Waals surface area contributed by atoms with E-state index in [1.165, 1.54) is 12.1 Å². The molecule has 1 aliphatic rings. The maximum atomic E-state index is 13.0. The van der Waals surface area contributed by atoms with E-state index in [0.29, 0.717) is 25.3 Å². The molecule has 2 aromatic carbocycles. The Bertz CT molecular complexity index is 1100. The number of carbonyl (C=O) groups excluding carboxylic acids is 2. The number of benzene rings is 2. The molecule has 1 aromatic heterocycles. The van der Waals surface area contributed by atoms with Crippen molar-refractivity contribution in [3.63, 3.8) is 0 Å². The van der Waals surface area contributed by atoms with Crippen LogP contribution in [0, 0.1) is 17.7 Å². The molecule has 7 heteroatoms. The highest BCUT2D eigenvalue weighted by Gasteiger charge is 2.30. The van der Waals surface area contributed by atoms with Gasteiger partial charge < -0.3 is 19.9 Å². The van der Waals surface area contributed by atoms with Crippen LogP contribution in [-0.4, -0.2) is 41.9 Å². The quantitative estimate of drug-likeness (QED) is 0.609. The number of ether oxygens (including phenoxy) is 1. The molecule has 0 unspecified atom stereocenters. The van der Waals surface area contributed by atoms with E-state index in [9.17, 15) is 14.0 Å². The van der Waals surface area contributed by atoms with Gasteiger partial charge in [0.15, 0.2) is 0 Å². The molecule has 2 N–H and O–H groups in total. The lowest BCUT2D eigenvalue weighted by molar-refractivity contribution is -0.126. The third kappa shape index (κ3) is 4.77. The van der Waals surface area contributed by atoms with Crippen molar-refractivity contribution in [1.82, 2.24) is 15.2 Å². The summed E-state index contributed by atoms with van der Waals surface area (Å²) in [6.45, 7) is 3.56. The molecule has 1 atom stereocenters. The molecule has 6 nitrogen and oxygen atoms in total. The summed E-state index contributed by atoms with van der Waals surface area (Å²) in [5.41, 5.74) is 2.30. The first-order valence-corrected chi connectivity index (χ1v) is 10.9. The van der Waals surface area contributed by atoms with Crippen LogP contribution < -0.4 is 10.1 Å². The summed E-state index contributed by atoms with van der Waals surface area (Å²) in [7, 11) is 1.62. The van der Waals surface area contributed by atoms with Crippen LogP contribution in [0.4, 0.5) is 4.39 Å². The van der Waals surface area contributed by atoms with E-state index in [-0.39, 0.29) is 29.5 Å². The maximum Gasteiger partial charge on any atom is 0.270 e. The number of methoxy groups -OCH3 is 1. The number of nitrogens with zero attached hydrogens (tertiary/aromatic N) is 1. The molecule has 2 heterocycles. The topological polar surface area (TPSA) is 74.4 Å². The Hall–Kier alpha value is -3.35. The van der Waals surface area contributed by atoms with Gasteiger partial charge in [-0.2, -0.15) is 0 Å². The van der Waals surface area contributed by atoms with Gasteiger partial charge in [0.05, 0.1) is 7.11 Å². The Morgan fingerprint density at radius 1 is 1.16 bits per heavy atom. The van der Waals surface area contributed by atoms with Gasteiger partial charge in [-0.05, 0) is 54.7 Å². The summed E-state index contributed by atoms with van der Waals surface area (Å²) in [4.78, 5) is 30.6. The highest BCUT2D eigenvalue weighted by molar-refractivity contribution is 5.98. The molecule has 1 fully saturated rings. The van der Waals surface area contributed by atoms with Crippen molar-refractivity contribution in [3.05, 3.63) is 65.6 Å². The number of hydrogen-bond donors (Lipinski definition) is 2. The number of halogens is 1. The van der Waals surface area contributed by atoms with Crippen molar-refractivity contribution in [2.24, 2.45) is 11.8 Å². The predicted molar refractivity (Wildman–Crippen MR) is 121 cm³/mol. The molecule has 4 rings (SSSR count). The fourth-order valence-electron chi connectivity index (χ4n) is 4.29. The Morgan fingerprint density at radius 3 is 2.56 bits per heavy atom. The van der Waals surface area contributed by atoms with Gasteiger partial charge in [-0.1, -0.05) is 19.1 Å². The van der Waals surface area contributed by atoms with E-state index < -0.39 is 0 Å². The zero-order valence-electron chi connectivity index (χ0n) is 18.4. The molecule has 0 radical (unpaired) electrons. The molecule has 3 aromatic rings. The van der Waals surface area contributed by atoms with Gasteiger partial charge in [0.1, 0.15) is 17.3 Å². The minimum atomic E-state index is -0.290. The predicted octanol–water partition coefficient (Wildman–Crippen LogP) is 4.12. The molecular formula is C25H28FN3O3. The number of aromatic nitrogens is 1. The van der Waals surface area contributed by atoms with E-state index in [2.05, 4.69) is 10.3 Å². The lowest BCUT2D eigenvalue weighted by Crippen LogP contribution is -2.42. The number of piperidine rings is 1. The van der Waals surface area contributed by atoms with Crippen LogP contribution in [0.5, 0.6) is 5.75 Å². The lowest BCUT2D eigenvalue weighted by atomic mass is 9.84. The van der Waals surface area contributed by atoms with Gasteiger partial charge in [-0.3, -0.25) is 9.59 Å². The van der Waals surface area contributed by atoms with Gasteiger partial charge in [-0.15, -0.1) is 0 Å². The highest BCUT2D eigenvalue weighted by Crippen LogP contribution is 2.27. The number of nitrogens with one attached hydrogen (secondary N) is 2. The molecule has 0 bridgehead atoms. The van der Waals surface area contributed by atoms with Crippen LogP contribution in [0.15, 0.2) is 48.5 Å². The number of H-pyrrole nitrogens is 1. The molecule has 168 valence electrons. The summed E-state index contributed by atoms with van der Waals surface area (Å²) in [5.74, 6) is 0.496. The van der Waals surface area contributed by atoms with E-state index in [1.807, 2.05) is 36.1 Å². The van der Waals surface area contributed by atoms with Crippen molar-refractivity contribution in [2.45, 2.75) is 26.3 Å². The first kappa shape index (κ1) is 21.9. The lowest BCUT2D eigenvalue weighted by Gasteiger charge is -2.34. The van der Waals surface area contributed by atoms with Crippen LogP contribution in [0.25, 0.3) is 10.9 Å². The van der Waals surface area contributed by atoms with Crippen molar-refractivity contribution < 1.29 is 18.7 Å². The van der Waals surface area contributed by atoms with E-state index >= 15 is 0 Å². The first-order chi connectivity index (χ1) is 15.4. The zero-order valence-corrected chi connectivity index (χ0v) is 18.4. The van der Waals surface area contributed by atoms with Gasteiger partial charge >= 0.3 is 0 Å². The number of rotatable bonds is 6. The summed E-state index contributed by atoms with van der Waals surface area (Å²) in [6, 6.07) is 13.7. The van der Waals surface area contributed by atoms with E-state index in [1.54, 1.807) is 19.2 Å². The minimum Gasteiger partial charge on any atom is -0.497 e. The second kappa shape index (κ2) is 9.42. The van der Waals surface area contributed by atoms with Crippen LogP contribution in [-0.2, 0) is 11.3 Å². The summed E-state index contributed by atoms with van der Waals surface area (Å²) >= 11 is 0. The number of aromatic amines is 1. The third-order valence-electron chi connectivity index (χ3n) is 6.39. The number of carbonyl (C=O) groups is 2. The fourth-order valence-corrected chi connectivity index (χ4v) is 4.29. The van der Waals surface area contributed by atoms with Crippen molar-refractivity contribution in [2.75, 3.05) is 20.2 Å². The first-order valence-electron chi connectivity index (χ1n) is 10.9. The molecule has 0 saturated carbocycles. The number of fused-ring (bicyclic) bond motifs is 1. The largest absolute Gasteiger partial charge is 0.497 e. The highest BCUT2D eigenvalue weighted by atomic mass is 19.1. The number of amides is 2. The van der Waals surface area contributed by atoms with Crippen molar-refractivity contribution in [1.29, 1.82) is 0 Å². The van der Waals surface area contributed by atoms with Gasteiger partial charge in [0, 0.05) is 42.5 Å². The molecule has 1 saturated heterocycles. The van der Waals surface area contributed by atoms with Crippen LogP contribution in [0.2, 0.25) is 0 Å². The number of hydrogen-bond acceptors (Lipinski definition) is 3. The fraction of sp³-hybridized carbons (Fsp3) is 0.360. The summed E-state index contributed by atoms with van der Waals surface area (Å²) in [5, 5.41) is 3.91. The molecule has 0 aliphatic carbocycles. The molecule has 1 aliphatic heterocycles. The van der Waals surface area contributed by atoms with E-state index in [4.69, 9.17) is 4.74 Å². The van der Waals surface area contributed by atoms with Crippen molar-refractivity contribution in [3.8, 4) is 5.75 Å². The Morgan fingerprint density at radius 2 is 1.88 bits per heavy atom. The molecule has 32 heavy (non-hydrogen) atoms. The standard InChI is InChI=1S/C25H28FN3O3/c1-16(24(30)27-15-17-3-6-20(26)7-4-17)18-9-11-29(12-10-18)25(31)23-13-19-5-8-21(32-2)14-22(19)28-23/h3-8,13-14,16,18,28H,9-12,15H2,1-2H3,(H,27,30)/t16-/m0/s1. The van der Waals surface area contributed by atoms with Crippen molar-refractivity contribution >= 4 is 22.7 Å². The SMILES string of the molecule is COc1ccc2cc(C(=O)N3CCC([C@H](C)C(=O)NCc4ccc(F)cc4)CC3)[nH]c2c1. The van der Waals surface area contributed by atoms with Crippen LogP contribution in [0.1, 0.15) is 35.8 Å². The monoisotopic (exact) mass is 437 g/mol. The third-order valence-corrected chi connectivity index (χ3v) is 6.39. The summed E-state index contributed by atoms with van der Waals surface area (Å²) in [6.07, 6.45) is 1.57. The Kier molecular flexibility index (Phi) is 6.44. The van der Waals surface area contributed by atoms with E-state index in [0.717, 1.165) is 35.1 Å². The van der Waals surface area contributed by atoms with Gasteiger partial charge in [0.25, 0.3) is 5.91 Å². The zero-order chi connectivity index (χ0) is 22.7. The maximum absolute atomic E-state index is 13.0. The second-order valence-electron chi connectivity index (χ2n) is 8.40. The molecular weight excluding hydrogens is 409 g/mol. The molecule has 2 amide bonds. The Labute approximate surface area is 186 Å². The average molecular weight is 438 g/mol. The smallest absolute Gasteiger partial charge is 0.270 e. The second-order valence-corrected chi connectivity index (χ2v) is 8.40. The van der Waals surface area contributed by atoms with Crippen LogP contribution in [0.3, 0.4) is 0 Å². The van der Waals surface area contributed by atoms with Gasteiger partial charge in [-0.25, -0.2) is 4.39 Å². The minimum absolute atomic E-state index is 0.0105. The Balaban J connectivity index is 1.30.